The Morgan fingerprint density at radius 3 is 2.25 bits per heavy atom. The van der Waals surface area contributed by atoms with E-state index in [1.54, 1.807) is 0 Å². The second kappa shape index (κ2) is 5.70. The van der Waals surface area contributed by atoms with Crippen LogP contribution >= 0.6 is 0 Å². The van der Waals surface area contributed by atoms with Crippen molar-refractivity contribution in [1.29, 1.82) is 0 Å². The number of benzene rings is 2. The molecule has 98 valence electrons. The van der Waals surface area contributed by atoms with Crippen molar-refractivity contribution in [2.24, 2.45) is 0 Å². The lowest BCUT2D eigenvalue weighted by Gasteiger charge is -2.12. The van der Waals surface area contributed by atoms with Crippen molar-refractivity contribution >= 4 is 0 Å². The standard InChI is InChI=1S/C19H17N/c1-2-15-9-6-7-12-17(15)19-18(13-8-14-20-19)16-10-4-3-5-11-16/h3-14H,2H2,1H3. The molecule has 0 radical (unpaired) electrons. The molecule has 0 aliphatic rings. The molecule has 2 aromatic carbocycles. The summed E-state index contributed by atoms with van der Waals surface area (Å²) in [7, 11) is 0. The minimum atomic E-state index is 1.01. The molecule has 0 unspecified atom stereocenters. The van der Waals surface area contributed by atoms with Gasteiger partial charge in [0.15, 0.2) is 0 Å². The zero-order chi connectivity index (χ0) is 13.8. The molecule has 0 aliphatic carbocycles. The van der Waals surface area contributed by atoms with E-state index >= 15 is 0 Å². The molecule has 0 saturated heterocycles. The molecule has 0 amide bonds. The Morgan fingerprint density at radius 2 is 1.45 bits per heavy atom. The number of aryl methyl sites for hydroxylation is 1. The number of hydrogen-bond donors (Lipinski definition) is 0. The SMILES string of the molecule is CCc1ccccc1-c1ncccc1-c1ccccc1. The zero-order valence-corrected chi connectivity index (χ0v) is 11.6. The van der Waals surface area contributed by atoms with Crippen LogP contribution in [0.25, 0.3) is 22.4 Å². The molecule has 0 atom stereocenters. The summed E-state index contributed by atoms with van der Waals surface area (Å²) in [5, 5.41) is 0. The van der Waals surface area contributed by atoms with E-state index in [0.29, 0.717) is 0 Å². The van der Waals surface area contributed by atoms with Gasteiger partial charge in [0.05, 0.1) is 5.69 Å². The van der Waals surface area contributed by atoms with E-state index in [0.717, 1.165) is 12.1 Å². The van der Waals surface area contributed by atoms with Crippen LogP contribution < -0.4 is 0 Å². The Hall–Kier alpha value is -2.41. The van der Waals surface area contributed by atoms with Gasteiger partial charge in [0.2, 0.25) is 0 Å². The number of rotatable bonds is 3. The maximum absolute atomic E-state index is 4.63. The third kappa shape index (κ3) is 2.35. The smallest absolute Gasteiger partial charge is 0.0783 e. The summed E-state index contributed by atoms with van der Waals surface area (Å²) in [4.78, 5) is 4.63. The lowest BCUT2D eigenvalue weighted by Crippen LogP contribution is -1.93. The molecule has 0 spiro atoms. The fourth-order valence-corrected chi connectivity index (χ4v) is 2.53. The van der Waals surface area contributed by atoms with E-state index in [-0.39, 0.29) is 0 Å². The van der Waals surface area contributed by atoms with Crippen molar-refractivity contribution in [2.45, 2.75) is 13.3 Å². The van der Waals surface area contributed by atoms with E-state index < -0.39 is 0 Å². The number of hydrogen-bond acceptors (Lipinski definition) is 1. The van der Waals surface area contributed by atoms with Gasteiger partial charge in [-0.2, -0.15) is 0 Å². The molecule has 3 aromatic rings. The highest BCUT2D eigenvalue weighted by atomic mass is 14.7. The van der Waals surface area contributed by atoms with Gasteiger partial charge in [-0.25, -0.2) is 0 Å². The van der Waals surface area contributed by atoms with Gasteiger partial charge in [0.1, 0.15) is 0 Å². The van der Waals surface area contributed by atoms with Crippen LogP contribution in [-0.4, -0.2) is 4.98 Å². The largest absolute Gasteiger partial charge is 0.256 e. The minimum Gasteiger partial charge on any atom is -0.256 e. The van der Waals surface area contributed by atoms with Crippen LogP contribution in [-0.2, 0) is 6.42 Å². The first-order valence-corrected chi connectivity index (χ1v) is 6.99. The second-order valence-electron chi connectivity index (χ2n) is 4.78. The van der Waals surface area contributed by atoms with E-state index in [1.165, 1.54) is 22.3 Å². The summed E-state index contributed by atoms with van der Waals surface area (Å²) < 4.78 is 0. The number of aromatic nitrogens is 1. The van der Waals surface area contributed by atoms with Gasteiger partial charge < -0.3 is 0 Å². The molecular weight excluding hydrogens is 242 g/mol. The summed E-state index contributed by atoms with van der Waals surface area (Å²) in [6.45, 7) is 2.18. The predicted octanol–water partition coefficient (Wildman–Crippen LogP) is 4.98. The van der Waals surface area contributed by atoms with Crippen LogP contribution in [0, 0.1) is 0 Å². The van der Waals surface area contributed by atoms with Gasteiger partial charge >= 0.3 is 0 Å². The summed E-state index contributed by atoms with van der Waals surface area (Å²) in [6, 6.07) is 23.1. The van der Waals surface area contributed by atoms with Gasteiger partial charge in [-0.15, -0.1) is 0 Å². The summed E-state index contributed by atoms with van der Waals surface area (Å²) >= 11 is 0. The Balaban J connectivity index is 2.20. The van der Waals surface area contributed by atoms with Crippen molar-refractivity contribution < 1.29 is 0 Å². The molecule has 1 aromatic heterocycles. The van der Waals surface area contributed by atoms with Crippen LogP contribution in [0.3, 0.4) is 0 Å². The average Bonchev–Trinajstić information content (AvgIpc) is 2.55. The van der Waals surface area contributed by atoms with Gasteiger partial charge in [-0.1, -0.05) is 67.6 Å². The quantitative estimate of drug-likeness (QED) is 0.646. The first kappa shape index (κ1) is 12.6. The topological polar surface area (TPSA) is 12.9 Å². The fraction of sp³-hybridized carbons (Fsp3) is 0.105. The molecular formula is C19H17N. The number of pyridine rings is 1. The van der Waals surface area contributed by atoms with Crippen LogP contribution in [0.2, 0.25) is 0 Å². The second-order valence-corrected chi connectivity index (χ2v) is 4.78. The lowest BCUT2D eigenvalue weighted by atomic mass is 9.95. The van der Waals surface area contributed by atoms with Crippen LogP contribution in [0.4, 0.5) is 0 Å². The minimum absolute atomic E-state index is 1.01. The maximum atomic E-state index is 4.63. The van der Waals surface area contributed by atoms with Crippen molar-refractivity contribution in [2.75, 3.05) is 0 Å². The third-order valence-corrected chi connectivity index (χ3v) is 3.55. The van der Waals surface area contributed by atoms with E-state index in [9.17, 15) is 0 Å². The Kier molecular flexibility index (Phi) is 3.60. The Labute approximate surface area is 119 Å². The molecule has 3 rings (SSSR count). The first-order chi connectivity index (χ1) is 9.90. The molecule has 1 heterocycles. The van der Waals surface area contributed by atoms with Gasteiger partial charge in [0.25, 0.3) is 0 Å². The molecule has 0 fully saturated rings. The lowest BCUT2D eigenvalue weighted by molar-refractivity contribution is 1.13. The molecule has 0 saturated carbocycles. The maximum Gasteiger partial charge on any atom is 0.0783 e. The molecule has 0 aliphatic heterocycles. The zero-order valence-electron chi connectivity index (χ0n) is 11.6. The first-order valence-electron chi connectivity index (χ1n) is 6.99. The molecule has 0 bridgehead atoms. The van der Waals surface area contributed by atoms with Gasteiger partial charge in [-0.3, -0.25) is 4.98 Å². The Bertz CT molecular complexity index is 702. The molecule has 0 N–H and O–H groups in total. The molecule has 20 heavy (non-hydrogen) atoms. The third-order valence-electron chi connectivity index (χ3n) is 3.55. The van der Waals surface area contributed by atoms with E-state index in [1.807, 2.05) is 18.3 Å². The van der Waals surface area contributed by atoms with E-state index in [4.69, 9.17) is 0 Å². The highest BCUT2D eigenvalue weighted by Crippen LogP contribution is 2.32. The summed E-state index contributed by atoms with van der Waals surface area (Å²) in [6.07, 6.45) is 2.88. The molecule has 1 nitrogen and oxygen atoms in total. The highest BCUT2D eigenvalue weighted by Gasteiger charge is 2.10. The van der Waals surface area contributed by atoms with Crippen LogP contribution in [0.5, 0.6) is 0 Å². The predicted molar refractivity (Wildman–Crippen MR) is 84.5 cm³/mol. The van der Waals surface area contributed by atoms with Crippen molar-refractivity contribution in [1.82, 2.24) is 4.98 Å². The number of nitrogens with zero attached hydrogens (tertiary/aromatic N) is 1. The summed E-state index contributed by atoms with van der Waals surface area (Å²) in [5.74, 6) is 0. The normalized spacial score (nSPS) is 10.4. The van der Waals surface area contributed by atoms with Crippen LogP contribution in [0.1, 0.15) is 12.5 Å². The van der Waals surface area contributed by atoms with Crippen LogP contribution in [0.15, 0.2) is 72.9 Å². The van der Waals surface area contributed by atoms with Gasteiger partial charge in [-0.05, 0) is 23.6 Å². The van der Waals surface area contributed by atoms with Crippen molar-refractivity contribution in [3.05, 3.63) is 78.5 Å². The monoisotopic (exact) mass is 259 g/mol. The van der Waals surface area contributed by atoms with Gasteiger partial charge in [0, 0.05) is 17.3 Å². The fourth-order valence-electron chi connectivity index (χ4n) is 2.53. The Morgan fingerprint density at radius 1 is 0.750 bits per heavy atom. The summed E-state index contributed by atoms with van der Waals surface area (Å²) in [5.41, 5.74) is 6.03. The van der Waals surface area contributed by atoms with Crippen molar-refractivity contribution in [3.63, 3.8) is 0 Å². The highest BCUT2D eigenvalue weighted by molar-refractivity contribution is 5.81. The molecule has 1 heteroatoms. The van der Waals surface area contributed by atoms with Crippen molar-refractivity contribution in [3.8, 4) is 22.4 Å². The van der Waals surface area contributed by atoms with E-state index in [2.05, 4.69) is 66.5 Å². The average molecular weight is 259 g/mol.